The number of alkyl halides is 3. The molecular weight excluding hydrogens is 705 g/mol. The fraction of sp³-hybridized carbons (Fsp3) is 0.611. The van der Waals surface area contributed by atoms with Crippen molar-refractivity contribution in [1.29, 1.82) is 0 Å². The number of aromatic nitrogens is 1. The van der Waals surface area contributed by atoms with E-state index in [9.17, 15) is 36.0 Å². The number of rotatable bonds is 8. The molecule has 5 atom stereocenters. The quantitative estimate of drug-likeness (QED) is 0.363. The summed E-state index contributed by atoms with van der Waals surface area (Å²) in [6.07, 6.45) is 2.72. The van der Waals surface area contributed by atoms with E-state index in [1.54, 1.807) is 26.0 Å². The Balaban J connectivity index is 1.31. The molecule has 0 bridgehead atoms. The molecule has 0 unspecified atom stereocenters. The summed E-state index contributed by atoms with van der Waals surface area (Å²) in [5.74, 6) is -1.74. The Labute approximate surface area is 300 Å². The second-order valence-corrected chi connectivity index (χ2v) is 17.0. The number of ether oxygens (including phenoxy) is 3. The van der Waals surface area contributed by atoms with Crippen molar-refractivity contribution < 1.29 is 50.2 Å². The number of carbonyl (C=O) groups excluding carboxylic acids is 3. The van der Waals surface area contributed by atoms with Crippen LogP contribution in [0.5, 0.6) is 17.4 Å². The van der Waals surface area contributed by atoms with Crippen LogP contribution in [0.15, 0.2) is 30.4 Å². The largest absolute Gasteiger partial charge is 0.496 e. The second-order valence-electron chi connectivity index (χ2n) is 14.8. The van der Waals surface area contributed by atoms with Crippen LogP contribution in [0.1, 0.15) is 76.7 Å². The van der Waals surface area contributed by atoms with Crippen molar-refractivity contribution in [1.82, 2.24) is 14.6 Å². The van der Waals surface area contributed by atoms with Gasteiger partial charge in [0.25, 0.3) is 0 Å². The number of allylic oxidation sites excluding steroid dienone is 2. The molecule has 6 rings (SSSR count). The monoisotopic (exact) mass is 750 g/mol. The van der Waals surface area contributed by atoms with E-state index in [0.717, 1.165) is 19.3 Å². The van der Waals surface area contributed by atoms with Gasteiger partial charge in [-0.05, 0) is 70.4 Å². The lowest BCUT2D eigenvalue weighted by Gasteiger charge is -2.27. The third-order valence-electron chi connectivity index (χ3n) is 10.9. The van der Waals surface area contributed by atoms with Crippen LogP contribution in [0, 0.1) is 18.3 Å². The van der Waals surface area contributed by atoms with Crippen LogP contribution in [0.4, 0.5) is 13.2 Å². The van der Waals surface area contributed by atoms with Gasteiger partial charge in [-0.15, -0.1) is 0 Å². The van der Waals surface area contributed by atoms with Gasteiger partial charge in [-0.1, -0.05) is 25.0 Å². The zero-order valence-corrected chi connectivity index (χ0v) is 30.3. The number of benzene rings is 1. The smallest absolute Gasteiger partial charge is 0.422 e. The fourth-order valence-corrected chi connectivity index (χ4v) is 8.60. The molecule has 2 amide bonds. The molecule has 284 valence electrons. The van der Waals surface area contributed by atoms with E-state index in [-0.39, 0.29) is 48.9 Å². The Morgan fingerprint density at radius 1 is 1.15 bits per heavy atom. The van der Waals surface area contributed by atoms with Gasteiger partial charge in [-0.25, -0.2) is 13.4 Å². The van der Waals surface area contributed by atoms with Crippen LogP contribution < -0.4 is 24.7 Å². The number of amides is 2. The van der Waals surface area contributed by atoms with Crippen molar-refractivity contribution in [2.45, 2.75) is 107 Å². The summed E-state index contributed by atoms with van der Waals surface area (Å²) in [7, 11) is -2.52. The van der Waals surface area contributed by atoms with E-state index in [1.807, 2.05) is 12.2 Å². The molecule has 1 saturated heterocycles. The lowest BCUT2D eigenvalue weighted by Crippen LogP contribution is -2.50. The average molecular weight is 751 g/mol. The van der Waals surface area contributed by atoms with Gasteiger partial charge in [-0.2, -0.15) is 13.2 Å². The number of hydrogen-bond donors (Lipinski definition) is 2. The van der Waals surface area contributed by atoms with Gasteiger partial charge < -0.3 is 24.8 Å². The van der Waals surface area contributed by atoms with E-state index in [4.69, 9.17) is 19.9 Å². The summed E-state index contributed by atoms with van der Waals surface area (Å²) >= 11 is 0. The zero-order chi connectivity index (χ0) is 37.6. The molecule has 0 radical (unpaired) electrons. The highest BCUT2D eigenvalue weighted by Gasteiger charge is 2.62. The summed E-state index contributed by atoms with van der Waals surface area (Å²) in [4.78, 5) is 47.5. The summed E-state index contributed by atoms with van der Waals surface area (Å²) in [6.45, 7) is 1.63. The molecule has 1 aromatic carbocycles. The minimum Gasteiger partial charge on any atom is -0.496 e. The van der Waals surface area contributed by atoms with E-state index < -0.39 is 68.8 Å². The number of ketones is 1. The predicted molar refractivity (Wildman–Crippen MR) is 184 cm³/mol. The molecule has 2 saturated carbocycles. The second kappa shape index (κ2) is 14.1. The highest BCUT2D eigenvalue weighted by atomic mass is 32.2. The molecule has 12 nitrogen and oxygen atoms in total. The van der Waals surface area contributed by atoms with Gasteiger partial charge in [0.1, 0.15) is 17.6 Å². The molecule has 2 aromatic rings. The summed E-state index contributed by atoms with van der Waals surface area (Å²) in [6, 6.07) is 2.62. The SMILES string of the molecule is COc1ccc2c(O[C@@H]3C[C@H]4C(=O)C[C@]5(C(=O)NS(=O)(=O)C6(C)CC6)C[C@@H]5/C=C\CCCCC[C@H](N)C(=O)N4C3)cc(OCC(F)(F)F)nc2c1C. The number of nitrogens with zero attached hydrogens (tertiary/aromatic N) is 2. The maximum Gasteiger partial charge on any atom is 0.422 e. The Morgan fingerprint density at radius 2 is 1.90 bits per heavy atom. The lowest BCUT2D eigenvalue weighted by molar-refractivity contribution is -0.154. The van der Waals surface area contributed by atoms with Crippen molar-refractivity contribution in [2.75, 3.05) is 20.3 Å². The van der Waals surface area contributed by atoms with Crippen molar-refractivity contribution in [3.05, 3.63) is 35.9 Å². The van der Waals surface area contributed by atoms with Gasteiger partial charge in [0.2, 0.25) is 27.7 Å². The van der Waals surface area contributed by atoms with Crippen LogP contribution in [0.25, 0.3) is 10.9 Å². The number of Topliss-reactive ketones (excluding diaryl/α,β-unsaturated/α-hetero) is 1. The molecule has 3 fully saturated rings. The number of aryl methyl sites for hydroxylation is 1. The number of carbonyl (C=O) groups is 3. The van der Waals surface area contributed by atoms with Crippen molar-refractivity contribution in [3.63, 3.8) is 0 Å². The summed E-state index contributed by atoms with van der Waals surface area (Å²) < 4.78 is 83.4. The number of nitrogens with two attached hydrogens (primary N) is 1. The first-order chi connectivity index (χ1) is 24.5. The maximum atomic E-state index is 14.3. The maximum absolute atomic E-state index is 14.3. The molecular formula is C36H45F3N4O8S. The first-order valence-electron chi connectivity index (χ1n) is 17.6. The average Bonchev–Trinajstić information content (AvgIpc) is 3.96. The number of fused-ring (bicyclic) bond motifs is 3. The fourth-order valence-electron chi connectivity index (χ4n) is 7.27. The van der Waals surface area contributed by atoms with E-state index in [0.29, 0.717) is 42.4 Å². The Kier molecular flexibility index (Phi) is 10.3. The van der Waals surface area contributed by atoms with Gasteiger partial charge in [0, 0.05) is 29.9 Å². The van der Waals surface area contributed by atoms with E-state index in [2.05, 4.69) is 9.71 Å². The third-order valence-corrected chi connectivity index (χ3v) is 13.1. The first-order valence-corrected chi connectivity index (χ1v) is 19.1. The van der Waals surface area contributed by atoms with Gasteiger partial charge in [0.05, 0.1) is 41.4 Å². The Bertz CT molecular complexity index is 1880. The third kappa shape index (κ3) is 7.73. The summed E-state index contributed by atoms with van der Waals surface area (Å²) in [5, 5.41) is 0.449. The van der Waals surface area contributed by atoms with Gasteiger partial charge >= 0.3 is 6.18 Å². The molecule has 3 N–H and O–H groups in total. The van der Waals surface area contributed by atoms with Crippen LogP contribution in [0.3, 0.4) is 0 Å². The molecule has 16 heteroatoms. The molecule has 2 aliphatic heterocycles. The summed E-state index contributed by atoms with van der Waals surface area (Å²) in [5.41, 5.74) is 5.89. The molecule has 2 aliphatic carbocycles. The molecule has 4 aliphatic rings. The standard InChI is InChI=1S/C36H45F3N4O8S/c1-21-28(49-3)12-11-24-29(16-30(41-31(21)24)50-20-36(37,38)39)51-23-15-26-27(44)18-35(33(46)42-52(47,48)34(2)13-14-34)17-22(35)9-7-5-4-6-8-10-25(40)32(45)43(26)19-23/h7,9,11-12,16,22-23,25-26H,4-6,8,10,13-15,17-20,40H2,1-3H3,(H,42,46)/b9-7-/t22-,23+,25-,26-,35+/m0/s1. The topological polar surface area (TPSA) is 167 Å². The number of halogens is 3. The van der Waals surface area contributed by atoms with Gasteiger partial charge in [-0.3, -0.25) is 19.1 Å². The van der Waals surface area contributed by atoms with Crippen LogP contribution in [0.2, 0.25) is 0 Å². The van der Waals surface area contributed by atoms with Gasteiger partial charge in [0.15, 0.2) is 12.4 Å². The highest BCUT2D eigenvalue weighted by Crippen LogP contribution is 2.57. The van der Waals surface area contributed by atoms with Crippen LogP contribution >= 0.6 is 0 Å². The predicted octanol–water partition coefficient (Wildman–Crippen LogP) is 4.65. The number of methoxy groups -OCH3 is 1. The molecule has 3 heterocycles. The number of sulfonamides is 1. The minimum absolute atomic E-state index is 0.00353. The molecule has 52 heavy (non-hydrogen) atoms. The van der Waals surface area contributed by atoms with Crippen LogP contribution in [-0.2, 0) is 24.4 Å². The van der Waals surface area contributed by atoms with Crippen molar-refractivity contribution in [3.8, 4) is 17.4 Å². The Morgan fingerprint density at radius 3 is 2.60 bits per heavy atom. The van der Waals surface area contributed by atoms with Crippen molar-refractivity contribution >= 4 is 38.5 Å². The zero-order valence-electron chi connectivity index (χ0n) is 29.5. The van der Waals surface area contributed by atoms with Crippen LogP contribution in [-0.4, -0.2) is 85.3 Å². The number of hydrogen-bond acceptors (Lipinski definition) is 10. The number of nitrogens with one attached hydrogen (secondary N) is 1. The lowest BCUT2D eigenvalue weighted by atomic mass is 9.91. The van der Waals surface area contributed by atoms with E-state index in [1.165, 1.54) is 18.1 Å². The van der Waals surface area contributed by atoms with Crippen molar-refractivity contribution in [2.24, 2.45) is 17.1 Å². The molecule has 1 aromatic heterocycles. The molecule has 0 spiro atoms. The normalized spacial score (nSPS) is 28.6. The minimum atomic E-state index is -4.62. The highest BCUT2D eigenvalue weighted by molar-refractivity contribution is 7.91. The number of pyridine rings is 1. The first kappa shape index (κ1) is 37.8. The Hall–Kier alpha value is -3.92. The van der Waals surface area contributed by atoms with E-state index >= 15 is 0 Å².